The SMILES string of the molecule is CC/C=C\C/C=C/C/C=C/C/C=C\C/C=C/C/C=C\CCC(=O)O. The number of carbonyl (C=O) groups is 1. The Morgan fingerprint density at radius 3 is 1.29 bits per heavy atom. The van der Waals surface area contributed by atoms with Gasteiger partial charge in [0.05, 0.1) is 0 Å². The second-order valence-corrected chi connectivity index (χ2v) is 5.35. The van der Waals surface area contributed by atoms with Crippen LogP contribution in [0.15, 0.2) is 72.9 Å². The first kappa shape index (κ1) is 21.9. The molecule has 1 N–H and O–H groups in total. The molecule has 0 fully saturated rings. The lowest BCUT2D eigenvalue weighted by molar-refractivity contribution is -0.136. The molecule has 0 saturated carbocycles. The maximum absolute atomic E-state index is 10.3. The molecular formula is C22H32O2. The van der Waals surface area contributed by atoms with E-state index in [2.05, 4.69) is 67.7 Å². The van der Waals surface area contributed by atoms with E-state index in [1.807, 2.05) is 12.2 Å². The van der Waals surface area contributed by atoms with E-state index in [-0.39, 0.29) is 6.42 Å². The van der Waals surface area contributed by atoms with Crippen molar-refractivity contribution in [2.75, 3.05) is 0 Å². The lowest BCUT2D eigenvalue weighted by Gasteiger charge is -1.87. The van der Waals surface area contributed by atoms with E-state index in [4.69, 9.17) is 5.11 Å². The monoisotopic (exact) mass is 328 g/mol. The molecule has 0 aliphatic rings. The molecule has 0 aromatic carbocycles. The van der Waals surface area contributed by atoms with Crippen molar-refractivity contribution in [2.24, 2.45) is 0 Å². The van der Waals surface area contributed by atoms with Gasteiger partial charge in [0, 0.05) is 6.42 Å². The molecule has 0 heterocycles. The van der Waals surface area contributed by atoms with Crippen molar-refractivity contribution in [3.63, 3.8) is 0 Å². The minimum atomic E-state index is -0.741. The van der Waals surface area contributed by atoms with E-state index in [1.165, 1.54) is 0 Å². The van der Waals surface area contributed by atoms with Gasteiger partial charge in [-0.2, -0.15) is 0 Å². The topological polar surface area (TPSA) is 37.3 Å². The second kappa shape index (κ2) is 19.0. The van der Waals surface area contributed by atoms with Gasteiger partial charge in [0.25, 0.3) is 0 Å². The van der Waals surface area contributed by atoms with Crippen LogP contribution >= 0.6 is 0 Å². The molecule has 0 amide bonds. The average Bonchev–Trinajstić information content (AvgIpc) is 2.56. The molecule has 24 heavy (non-hydrogen) atoms. The van der Waals surface area contributed by atoms with E-state index in [0.717, 1.165) is 38.5 Å². The van der Waals surface area contributed by atoms with Crippen molar-refractivity contribution >= 4 is 5.97 Å². The fourth-order valence-corrected chi connectivity index (χ4v) is 1.85. The van der Waals surface area contributed by atoms with Gasteiger partial charge >= 0.3 is 5.97 Å². The van der Waals surface area contributed by atoms with Crippen molar-refractivity contribution in [3.8, 4) is 0 Å². The summed E-state index contributed by atoms with van der Waals surface area (Å²) in [5, 5.41) is 8.49. The third kappa shape index (κ3) is 19.9. The zero-order valence-corrected chi connectivity index (χ0v) is 14.9. The molecular weight excluding hydrogens is 296 g/mol. The van der Waals surface area contributed by atoms with Crippen LogP contribution in [0.25, 0.3) is 0 Å². The van der Waals surface area contributed by atoms with E-state index in [9.17, 15) is 4.79 Å². The van der Waals surface area contributed by atoms with Crippen LogP contribution in [0, 0.1) is 0 Å². The molecule has 0 radical (unpaired) electrons. The molecule has 2 heteroatoms. The van der Waals surface area contributed by atoms with E-state index in [1.54, 1.807) is 0 Å². The summed E-state index contributed by atoms with van der Waals surface area (Å²) in [7, 11) is 0. The summed E-state index contributed by atoms with van der Waals surface area (Å²) in [4.78, 5) is 10.3. The Bertz CT molecular complexity index is 462. The number of allylic oxidation sites excluding steroid dienone is 12. The molecule has 0 aliphatic heterocycles. The number of hydrogen-bond acceptors (Lipinski definition) is 1. The Morgan fingerprint density at radius 1 is 0.625 bits per heavy atom. The van der Waals surface area contributed by atoms with Gasteiger partial charge in [-0.25, -0.2) is 0 Å². The minimum Gasteiger partial charge on any atom is -0.481 e. The van der Waals surface area contributed by atoms with Crippen molar-refractivity contribution in [1.29, 1.82) is 0 Å². The first-order valence-corrected chi connectivity index (χ1v) is 8.89. The lowest BCUT2D eigenvalue weighted by atomic mass is 10.2. The van der Waals surface area contributed by atoms with Gasteiger partial charge in [-0.3, -0.25) is 4.79 Å². The van der Waals surface area contributed by atoms with Crippen LogP contribution < -0.4 is 0 Å². The Hall–Kier alpha value is -2.09. The summed E-state index contributed by atoms with van der Waals surface area (Å²) >= 11 is 0. The predicted octanol–water partition coefficient (Wildman–Crippen LogP) is 6.55. The normalized spacial score (nSPS) is 13.0. The van der Waals surface area contributed by atoms with Crippen molar-refractivity contribution in [3.05, 3.63) is 72.9 Å². The molecule has 0 aliphatic carbocycles. The highest BCUT2D eigenvalue weighted by Crippen LogP contribution is 1.97. The third-order valence-corrected chi connectivity index (χ3v) is 3.12. The molecule has 0 unspecified atom stereocenters. The van der Waals surface area contributed by atoms with Gasteiger partial charge in [-0.1, -0.05) is 79.8 Å². The number of rotatable bonds is 14. The maximum Gasteiger partial charge on any atom is 0.303 e. The maximum atomic E-state index is 10.3. The Labute approximate surface area is 147 Å². The number of carboxylic acids is 1. The lowest BCUT2D eigenvalue weighted by Crippen LogP contribution is -1.91. The zero-order valence-electron chi connectivity index (χ0n) is 14.9. The highest BCUT2D eigenvalue weighted by atomic mass is 16.4. The molecule has 2 nitrogen and oxygen atoms in total. The second-order valence-electron chi connectivity index (χ2n) is 5.35. The van der Waals surface area contributed by atoms with Crippen LogP contribution in [0.4, 0.5) is 0 Å². The summed E-state index contributed by atoms with van der Waals surface area (Å²) in [5.41, 5.74) is 0. The summed E-state index contributed by atoms with van der Waals surface area (Å²) in [6, 6.07) is 0. The standard InChI is InChI=1S/C22H32O2/c1-2-3-4-5-6-7-8-9-10-11-12-13-14-15-16-17-18-19-20-21-22(23)24/h3-4,6-7,9-10,12-13,15-16,18-19H,2,5,8,11,14,17,20-21H2,1H3,(H,23,24)/b4-3-,7-6+,10-9+,13-12-,16-15+,19-18-. The summed E-state index contributed by atoms with van der Waals surface area (Å²) in [6.45, 7) is 2.15. The van der Waals surface area contributed by atoms with Crippen LogP contribution in [0.1, 0.15) is 58.3 Å². The van der Waals surface area contributed by atoms with Crippen LogP contribution in [-0.2, 0) is 4.79 Å². The van der Waals surface area contributed by atoms with Crippen molar-refractivity contribution in [1.82, 2.24) is 0 Å². The summed E-state index contributed by atoms with van der Waals surface area (Å²) in [6.07, 6.45) is 32.5. The Balaban J connectivity index is 3.51. The number of aliphatic carboxylic acids is 1. The van der Waals surface area contributed by atoms with Gasteiger partial charge in [-0.15, -0.1) is 0 Å². The van der Waals surface area contributed by atoms with E-state index >= 15 is 0 Å². The third-order valence-electron chi connectivity index (χ3n) is 3.12. The molecule has 0 spiro atoms. The van der Waals surface area contributed by atoms with Crippen molar-refractivity contribution < 1.29 is 9.90 Å². The van der Waals surface area contributed by atoms with Crippen molar-refractivity contribution in [2.45, 2.75) is 58.3 Å². The van der Waals surface area contributed by atoms with Crippen LogP contribution in [0.5, 0.6) is 0 Å². The van der Waals surface area contributed by atoms with Gasteiger partial charge < -0.3 is 5.11 Å². The van der Waals surface area contributed by atoms with Gasteiger partial charge in [-0.05, 0) is 44.9 Å². The van der Waals surface area contributed by atoms with Gasteiger partial charge in [0.2, 0.25) is 0 Å². The predicted molar refractivity (Wildman–Crippen MR) is 105 cm³/mol. The zero-order chi connectivity index (χ0) is 17.7. The Morgan fingerprint density at radius 2 is 0.958 bits per heavy atom. The molecule has 132 valence electrons. The summed E-state index contributed by atoms with van der Waals surface area (Å²) < 4.78 is 0. The number of carboxylic acid groups (broad SMARTS) is 1. The summed E-state index contributed by atoms with van der Waals surface area (Å²) in [5.74, 6) is -0.741. The van der Waals surface area contributed by atoms with E-state index < -0.39 is 5.97 Å². The van der Waals surface area contributed by atoms with Gasteiger partial charge in [0.15, 0.2) is 0 Å². The first-order chi connectivity index (χ1) is 11.8. The van der Waals surface area contributed by atoms with E-state index in [0.29, 0.717) is 6.42 Å². The fraction of sp³-hybridized carbons (Fsp3) is 0.409. The van der Waals surface area contributed by atoms with Gasteiger partial charge in [0.1, 0.15) is 0 Å². The largest absolute Gasteiger partial charge is 0.481 e. The molecule has 0 saturated heterocycles. The number of hydrogen-bond donors (Lipinski definition) is 1. The fourth-order valence-electron chi connectivity index (χ4n) is 1.85. The molecule has 0 aromatic heterocycles. The quantitative estimate of drug-likeness (QED) is 0.367. The van der Waals surface area contributed by atoms with Crippen LogP contribution in [0.3, 0.4) is 0 Å². The van der Waals surface area contributed by atoms with Crippen LogP contribution in [-0.4, -0.2) is 11.1 Å². The smallest absolute Gasteiger partial charge is 0.303 e. The highest BCUT2D eigenvalue weighted by molar-refractivity contribution is 5.66. The molecule has 0 bridgehead atoms. The minimum absolute atomic E-state index is 0.210. The molecule has 0 aromatic rings. The molecule has 0 atom stereocenters. The average molecular weight is 328 g/mol. The molecule has 0 rings (SSSR count). The van der Waals surface area contributed by atoms with Crippen LogP contribution in [0.2, 0.25) is 0 Å². The Kier molecular flexibility index (Phi) is 17.3. The first-order valence-electron chi connectivity index (χ1n) is 8.89. The highest BCUT2D eigenvalue weighted by Gasteiger charge is 1.90.